The van der Waals surface area contributed by atoms with Gasteiger partial charge in [0, 0.05) is 31.3 Å². The Morgan fingerprint density at radius 3 is 2.75 bits per heavy atom. The third-order valence-electron chi connectivity index (χ3n) is 3.60. The number of halogens is 2. The van der Waals surface area contributed by atoms with Gasteiger partial charge in [0.05, 0.1) is 23.2 Å². The van der Waals surface area contributed by atoms with Crippen molar-refractivity contribution in [3.8, 4) is 0 Å². The van der Waals surface area contributed by atoms with Crippen LogP contribution in [0.4, 0.5) is 10.5 Å². The van der Waals surface area contributed by atoms with E-state index >= 15 is 0 Å². The van der Waals surface area contributed by atoms with Gasteiger partial charge in [-0.05, 0) is 31.5 Å². The molecule has 0 saturated heterocycles. The van der Waals surface area contributed by atoms with Gasteiger partial charge in [-0.2, -0.15) is 0 Å². The van der Waals surface area contributed by atoms with Crippen LogP contribution in [0.25, 0.3) is 0 Å². The molecule has 0 aliphatic heterocycles. The maximum atomic E-state index is 12.7. The summed E-state index contributed by atoms with van der Waals surface area (Å²) in [4.78, 5) is 30.4. The average molecular weight is 446 g/mol. The first kappa shape index (κ1) is 22.4. The molecule has 1 heterocycles. The second kappa shape index (κ2) is 11.2. The van der Waals surface area contributed by atoms with Gasteiger partial charge in [-0.3, -0.25) is 0 Å². The number of nitrogens with one attached hydrogen (secondary N) is 1. The van der Waals surface area contributed by atoms with Crippen molar-refractivity contribution in [1.29, 1.82) is 0 Å². The van der Waals surface area contributed by atoms with E-state index in [1.807, 2.05) is 0 Å². The molecule has 0 unspecified atom stereocenters. The van der Waals surface area contributed by atoms with Crippen LogP contribution in [0.2, 0.25) is 10.0 Å². The Bertz CT molecular complexity index is 816. The Hall–Kier alpha value is -1.87. The summed E-state index contributed by atoms with van der Waals surface area (Å²) in [7, 11) is 1.60. The van der Waals surface area contributed by atoms with Gasteiger partial charge in [0.25, 0.3) is 0 Å². The van der Waals surface area contributed by atoms with Crippen LogP contribution < -0.4 is 5.32 Å². The number of anilines is 1. The number of benzene rings is 1. The van der Waals surface area contributed by atoms with Gasteiger partial charge in [0.2, 0.25) is 0 Å². The molecule has 1 aromatic carbocycles. The smallest absolute Gasteiger partial charge is 0.357 e. The molecule has 0 atom stereocenters. The molecule has 0 bridgehead atoms. The Labute approximate surface area is 177 Å². The molecule has 2 amide bonds. The van der Waals surface area contributed by atoms with E-state index in [-0.39, 0.29) is 24.9 Å². The summed E-state index contributed by atoms with van der Waals surface area (Å²) in [6.07, 6.45) is 0.654. The summed E-state index contributed by atoms with van der Waals surface area (Å²) in [5, 5.41) is 5.81. The minimum atomic E-state index is -0.476. The fraction of sp³-hybridized carbons (Fsp3) is 0.389. The molecule has 0 saturated carbocycles. The Morgan fingerprint density at radius 1 is 1.29 bits per heavy atom. The molecule has 1 N–H and O–H groups in total. The largest absolute Gasteiger partial charge is 0.461 e. The quantitative estimate of drug-likeness (QED) is 0.446. The van der Waals surface area contributed by atoms with E-state index in [9.17, 15) is 9.59 Å². The number of aromatic nitrogens is 1. The number of nitrogens with zero attached hydrogens (tertiary/aromatic N) is 2. The normalized spacial score (nSPS) is 10.6. The maximum Gasteiger partial charge on any atom is 0.357 e. The number of amides is 2. The molecule has 10 heteroatoms. The van der Waals surface area contributed by atoms with Crippen LogP contribution in [0.15, 0.2) is 23.6 Å². The number of rotatable bonds is 9. The molecular weight excluding hydrogens is 425 g/mol. The summed E-state index contributed by atoms with van der Waals surface area (Å²) < 4.78 is 10.0. The molecule has 2 rings (SSSR count). The number of methoxy groups -OCH3 is 1. The van der Waals surface area contributed by atoms with Crippen molar-refractivity contribution in [2.45, 2.75) is 19.9 Å². The summed E-state index contributed by atoms with van der Waals surface area (Å²) in [6, 6.07) is 4.54. The van der Waals surface area contributed by atoms with Crippen molar-refractivity contribution in [1.82, 2.24) is 9.88 Å². The average Bonchev–Trinajstić information content (AvgIpc) is 3.13. The number of thiazole rings is 1. The van der Waals surface area contributed by atoms with Crippen LogP contribution in [0.5, 0.6) is 0 Å². The predicted molar refractivity (Wildman–Crippen MR) is 110 cm³/mol. The third-order valence-corrected chi connectivity index (χ3v) is 5.17. The SMILES string of the molecule is CCOC(=O)c1csc(CN(CCCOC)C(=O)Nc2ccc(Cl)c(Cl)c2)n1. The fourth-order valence-corrected chi connectivity index (χ4v) is 3.35. The van der Waals surface area contributed by atoms with Gasteiger partial charge in [-0.15, -0.1) is 11.3 Å². The van der Waals surface area contributed by atoms with E-state index in [0.29, 0.717) is 40.3 Å². The van der Waals surface area contributed by atoms with Crippen LogP contribution in [-0.2, 0) is 16.0 Å². The number of carbonyl (C=O) groups excluding carboxylic acids is 2. The molecule has 2 aromatic rings. The second-order valence-electron chi connectivity index (χ2n) is 5.67. The lowest BCUT2D eigenvalue weighted by molar-refractivity contribution is 0.0520. The third kappa shape index (κ3) is 6.63. The van der Waals surface area contributed by atoms with Crippen molar-refractivity contribution in [3.05, 3.63) is 44.3 Å². The van der Waals surface area contributed by atoms with E-state index < -0.39 is 5.97 Å². The molecule has 7 nitrogen and oxygen atoms in total. The molecule has 0 aliphatic carbocycles. The van der Waals surface area contributed by atoms with Crippen LogP contribution in [0, 0.1) is 0 Å². The number of hydrogen-bond acceptors (Lipinski definition) is 6. The zero-order valence-electron chi connectivity index (χ0n) is 15.5. The van der Waals surface area contributed by atoms with Crippen molar-refractivity contribution in [3.63, 3.8) is 0 Å². The van der Waals surface area contributed by atoms with Crippen molar-refractivity contribution in [2.24, 2.45) is 0 Å². The molecule has 28 heavy (non-hydrogen) atoms. The fourth-order valence-electron chi connectivity index (χ4n) is 2.27. The molecule has 0 spiro atoms. The van der Waals surface area contributed by atoms with E-state index in [1.165, 1.54) is 11.3 Å². The minimum absolute atomic E-state index is 0.239. The molecular formula is C18H21Cl2N3O4S. The Kier molecular flexibility index (Phi) is 8.98. The molecule has 0 aliphatic rings. The van der Waals surface area contributed by atoms with Gasteiger partial charge in [0.1, 0.15) is 5.01 Å². The van der Waals surface area contributed by atoms with Crippen LogP contribution in [0.3, 0.4) is 0 Å². The maximum absolute atomic E-state index is 12.7. The number of ether oxygens (including phenoxy) is 2. The topological polar surface area (TPSA) is 80.8 Å². The number of hydrogen-bond donors (Lipinski definition) is 1. The monoisotopic (exact) mass is 445 g/mol. The van der Waals surface area contributed by atoms with E-state index in [4.69, 9.17) is 32.7 Å². The van der Waals surface area contributed by atoms with Crippen molar-refractivity contribution in [2.75, 3.05) is 32.2 Å². The van der Waals surface area contributed by atoms with Gasteiger partial charge in [-0.25, -0.2) is 14.6 Å². The van der Waals surface area contributed by atoms with Gasteiger partial charge < -0.3 is 19.7 Å². The van der Waals surface area contributed by atoms with Gasteiger partial charge in [0.15, 0.2) is 5.69 Å². The summed E-state index contributed by atoms with van der Waals surface area (Å²) >= 11 is 13.2. The highest BCUT2D eigenvalue weighted by Gasteiger charge is 2.18. The second-order valence-corrected chi connectivity index (χ2v) is 7.43. The summed E-state index contributed by atoms with van der Waals surface area (Å²) in [5.74, 6) is -0.476. The zero-order valence-corrected chi connectivity index (χ0v) is 17.9. The lowest BCUT2D eigenvalue weighted by Gasteiger charge is -2.22. The van der Waals surface area contributed by atoms with E-state index in [2.05, 4.69) is 10.3 Å². The van der Waals surface area contributed by atoms with Gasteiger partial charge in [-0.1, -0.05) is 23.2 Å². The molecule has 152 valence electrons. The Balaban J connectivity index is 2.08. The van der Waals surface area contributed by atoms with Crippen molar-refractivity contribution >= 4 is 52.2 Å². The number of esters is 1. The predicted octanol–water partition coefficient (Wildman–Crippen LogP) is 4.70. The van der Waals surface area contributed by atoms with Crippen LogP contribution in [-0.4, -0.2) is 48.8 Å². The number of urea groups is 1. The number of carbonyl (C=O) groups is 2. The van der Waals surface area contributed by atoms with Crippen LogP contribution in [0.1, 0.15) is 28.8 Å². The van der Waals surface area contributed by atoms with Crippen molar-refractivity contribution < 1.29 is 19.1 Å². The standard InChI is InChI=1S/C18H21Cl2N3O4S/c1-3-27-17(24)15-11-28-16(22-15)10-23(7-4-8-26-2)18(25)21-12-5-6-13(19)14(20)9-12/h5-6,9,11H,3-4,7-8,10H2,1-2H3,(H,21,25). The molecule has 0 radical (unpaired) electrons. The summed E-state index contributed by atoms with van der Waals surface area (Å²) in [5.41, 5.74) is 0.770. The summed E-state index contributed by atoms with van der Waals surface area (Å²) in [6.45, 7) is 3.23. The first-order valence-electron chi connectivity index (χ1n) is 8.56. The highest BCUT2D eigenvalue weighted by Crippen LogP contribution is 2.25. The highest BCUT2D eigenvalue weighted by molar-refractivity contribution is 7.09. The van der Waals surface area contributed by atoms with Gasteiger partial charge >= 0.3 is 12.0 Å². The highest BCUT2D eigenvalue weighted by atomic mass is 35.5. The molecule has 0 fully saturated rings. The first-order valence-corrected chi connectivity index (χ1v) is 10.2. The zero-order chi connectivity index (χ0) is 20.5. The molecule has 1 aromatic heterocycles. The minimum Gasteiger partial charge on any atom is -0.461 e. The lowest BCUT2D eigenvalue weighted by atomic mass is 10.3. The van der Waals surface area contributed by atoms with Crippen LogP contribution >= 0.6 is 34.5 Å². The first-order chi connectivity index (χ1) is 13.4. The lowest BCUT2D eigenvalue weighted by Crippen LogP contribution is -2.35. The Morgan fingerprint density at radius 2 is 2.07 bits per heavy atom. The van der Waals surface area contributed by atoms with E-state index in [1.54, 1.807) is 42.5 Å². The van der Waals surface area contributed by atoms with E-state index in [0.717, 1.165) is 0 Å².